The van der Waals surface area contributed by atoms with Crippen molar-refractivity contribution in [2.24, 2.45) is 5.73 Å². The molecule has 0 aliphatic rings. The van der Waals surface area contributed by atoms with Crippen molar-refractivity contribution in [3.63, 3.8) is 0 Å². The monoisotopic (exact) mass is 252 g/mol. The van der Waals surface area contributed by atoms with Gasteiger partial charge >= 0.3 is 5.97 Å². The Hall–Kier alpha value is -1.46. The molecular weight excluding hydrogens is 236 g/mol. The summed E-state index contributed by atoms with van der Waals surface area (Å²) in [5.41, 5.74) is 7.34. The summed E-state index contributed by atoms with van der Waals surface area (Å²) in [6.45, 7) is 2.20. The van der Waals surface area contributed by atoms with E-state index in [9.17, 15) is 4.79 Å². The topological polar surface area (TPSA) is 66.6 Å². The van der Waals surface area contributed by atoms with E-state index < -0.39 is 12.0 Å². The Labute approximate surface area is 106 Å². The summed E-state index contributed by atoms with van der Waals surface area (Å²) >= 11 is 4.90. The van der Waals surface area contributed by atoms with E-state index in [4.69, 9.17) is 23.1 Å². The lowest BCUT2D eigenvalue weighted by Gasteiger charge is -2.21. The Morgan fingerprint density at radius 2 is 2.24 bits per heavy atom. The first-order valence-corrected chi connectivity index (χ1v) is 5.64. The molecule has 1 aromatic rings. The summed E-state index contributed by atoms with van der Waals surface area (Å²) in [4.78, 5) is 12.9. The van der Waals surface area contributed by atoms with Gasteiger partial charge in [-0.25, -0.2) is 0 Å². The molecule has 5 heteroatoms. The molecule has 0 heterocycles. The van der Waals surface area contributed by atoms with Crippen LogP contribution in [0.25, 0.3) is 0 Å². The van der Waals surface area contributed by atoms with E-state index in [1.807, 2.05) is 24.3 Å². The van der Waals surface area contributed by atoms with Crippen molar-refractivity contribution >= 4 is 23.2 Å². The number of carboxylic acids is 1. The van der Waals surface area contributed by atoms with Gasteiger partial charge in [-0.3, -0.25) is 9.69 Å². The highest BCUT2D eigenvalue weighted by Gasteiger charge is 2.16. The summed E-state index contributed by atoms with van der Waals surface area (Å²) in [6.07, 6.45) is 0. The average Bonchev–Trinajstić information content (AvgIpc) is 2.28. The molecule has 0 saturated carbocycles. The van der Waals surface area contributed by atoms with Crippen LogP contribution in [0.3, 0.4) is 0 Å². The van der Waals surface area contributed by atoms with Gasteiger partial charge in [0.1, 0.15) is 11.0 Å². The van der Waals surface area contributed by atoms with Gasteiger partial charge in [-0.1, -0.05) is 30.4 Å². The number of rotatable bonds is 5. The Morgan fingerprint density at radius 1 is 1.59 bits per heavy atom. The number of aliphatic carboxylic acids is 1. The molecule has 0 spiro atoms. The number of thiocarbonyl (C=S) groups is 1. The predicted molar refractivity (Wildman–Crippen MR) is 70.9 cm³/mol. The molecular formula is C12H16N2O2S. The van der Waals surface area contributed by atoms with E-state index in [0.717, 1.165) is 11.1 Å². The normalized spacial score (nSPS) is 12.4. The summed E-state index contributed by atoms with van der Waals surface area (Å²) in [7, 11) is 1.77. The van der Waals surface area contributed by atoms with Crippen LogP contribution in [0, 0.1) is 0 Å². The molecule has 0 radical (unpaired) electrons. The van der Waals surface area contributed by atoms with Crippen LogP contribution in [0.2, 0.25) is 0 Å². The average molecular weight is 252 g/mol. The SMILES string of the molecule is CC(C(=O)O)N(C)Cc1cccc(C(N)=S)c1. The van der Waals surface area contributed by atoms with Crippen molar-refractivity contribution in [3.8, 4) is 0 Å². The molecule has 92 valence electrons. The number of likely N-dealkylation sites (N-methyl/N-ethyl adjacent to an activating group) is 1. The van der Waals surface area contributed by atoms with Gasteiger partial charge in [0.15, 0.2) is 0 Å². The molecule has 4 nitrogen and oxygen atoms in total. The Balaban J connectivity index is 2.78. The standard InChI is InChI=1S/C12H16N2O2S/c1-8(12(15)16)14(2)7-9-4-3-5-10(6-9)11(13)17/h3-6,8H,7H2,1-2H3,(H2,13,17)(H,15,16). The van der Waals surface area contributed by atoms with Crippen molar-refractivity contribution in [2.45, 2.75) is 19.5 Å². The van der Waals surface area contributed by atoms with Gasteiger partial charge in [0.25, 0.3) is 0 Å². The fourth-order valence-corrected chi connectivity index (χ4v) is 1.56. The number of nitrogens with two attached hydrogens (primary N) is 1. The molecule has 0 bridgehead atoms. The number of carbonyl (C=O) groups is 1. The lowest BCUT2D eigenvalue weighted by atomic mass is 10.1. The van der Waals surface area contributed by atoms with Crippen molar-refractivity contribution < 1.29 is 9.90 Å². The third kappa shape index (κ3) is 3.80. The number of hydrogen-bond acceptors (Lipinski definition) is 3. The van der Waals surface area contributed by atoms with Crippen LogP contribution < -0.4 is 5.73 Å². The largest absolute Gasteiger partial charge is 0.480 e. The van der Waals surface area contributed by atoms with E-state index in [1.165, 1.54) is 0 Å². The summed E-state index contributed by atoms with van der Waals surface area (Å²) in [5.74, 6) is -0.835. The van der Waals surface area contributed by atoms with Crippen LogP contribution in [-0.2, 0) is 11.3 Å². The van der Waals surface area contributed by atoms with Crippen LogP contribution in [0.15, 0.2) is 24.3 Å². The zero-order valence-corrected chi connectivity index (χ0v) is 10.7. The summed E-state index contributed by atoms with van der Waals surface area (Å²) in [5, 5.41) is 8.89. The zero-order chi connectivity index (χ0) is 13.0. The summed E-state index contributed by atoms with van der Waals surface area (Å²) < 4.78 is 0. The van der Waals surface area contributed by atoms with Crippen molar-refractivity contribution in [3.05, 3.63) is 35.4 Å². The Kier molecular flexibility index (Phi) is 4.60. The minimum atomic E-state index is -0.835. The highest BCUT2D eigenvalue weighted by Crippen LogP contribution is 2.09. The minimum Gasteiger partial charge on any atom is -0.480 e. The van der Waals surface area contributed by atoms with Crippen LogP contribution in [0.5, 0.6) is 0 Å². The first-order valence-electron chi connectivity index (χ1n) is 5.23. The first kappa shape index (κ1) is 13.6. The lowest BCUT2D eigenvalue weighted by molar-refractivity contribution is -0.142. The maximum atomic E-state index is 10.8. The van der Waals surface area contributed by atoms with Crippen LogP contribution >= 0.6 is 12.2 Å². The summed E-state index contributed by atoms with van der Waals surface area (Å²) in [6, 6.07) is 6.99. The van der Waals surface area contributed by atoms with Crippen LogP contribution in [0.4, 0.5) is 0 Å². The molecule has 0 aliphatic carbocycles. The predicted octanol–water partition coefficient (Wildman–Crippen LogP) is 1.23. The second kappa shape index (κ2) is 5.75. The van der Waals surface area contributed by atoms with Gasteiger partial charge in [-0.15, -0.1) is 0 Å². The first-order chi connectivity index (χ1) is 7.91. The maximum absolute atomic E-state index is 10.8. The molecule has 0 amide bonds. The lowest BCUT2D eigenvalue weighted by Crippen LogP contribution is -2.35. The maximum Gasteiger partial charge on any atom is 0.320 e. The van der Waals surface area contributed by atoms with Crippen molar-refractivity contribution in [1.29, 1.82) is 0 Å². The molecule has 1 aromatic carbocycles. The van der Waals surface area contributed by atoms with E-state index in [-0.39, 0.29) is 0 Å². The van der Waals surface area contributed by atoms with Gasteiger partial charge in [-0.2, -0.15) is 0 Å². The Morgan fingerprint density at radius 3 is 2.76 bits per heavy atom. The van der Waals surface area contributed by atoms with Gasteiger partial charge in [0.2, 0.25) is 0 Å². The smallest absolute Gasteiger partial charge is 0.320 e. The second-order valence-electron chi connectivity index (χ2n) is 3.99. The molecule has 3 N–H and O–H groups in total. The van der Waals surface area contributed by atoms with E-state index in [1.54, 1.807) is 18.9 Å². The number of hydrogen-bond donors (Lipinski definition) is 2. The van der Waals surface area contributed by atoms with E-state index in [0.29, 0.717) is 11.5 Å². The molecule has 0 aliphatic heterocycles. The minimum absolute atomic E-state index is 0.348. The zero-order valence-electron chi connectivity index (χ0n) is 9.88. The van der Waals surface area contributed by atoms with Crippen LogP contribution in [0.1, 0.15) is 18.1 Å². The quantitative estimate of drug-likeness (QED) is 0.771. The molecule has 0 saturated heterocycles. The van der Waals surface area contributed by atoms with E-state index in [2.05, 4.69) is 0 Å². The fraction of sp³-hybridized carbons (Fsp3) is 0.333. The highest BCUT2D eigenvalue weighted by atomic mass is 32.1. The molecule has 0 fully saturated rings. The fourth-order valence-electron chi connectivity index (χ4n) is 1.44. The van der Waals surface area contributed by atoms with Gasteiger partial charge < -0.3 is 10.8 Å². The number of carboxylic acid groups (broad SMARTS) is 1. The Bertz CT molecular complexity index is 434. The third-order valence-corrected chi connectivity index (χ3v) is 2.90. The second-order valence-corrected chi connectivity index (χ2v) is 4.43. The van der Waals surface area contributed by atoms with Crippen molar-refractivity contribution in [2.75, 3.05) is 7.05 Å². The number of benzene rings is 1. The van der Waals surface area contributed by atoms with Gasteiger partial charge in [0.05, 0.1) is 0 Å². The van der Waals surface area contributed by atoms with Crippen molar-refractivity contribution in [1.82, 2.24) is 4.90 Å². The van der Waals surface area contributed by atoms with Crippen LogP contribution in [-0.4, -0.2) is 34.1 Å². The third-order valence-electron chi connectivity index (χ3n) is 2.66. The molecule has 1 rings (SSSR count). The highest BCUT2D eigenvalue weighted by molar-refractivity contribution is 7.80. The van der Waals surface area contributed by atoms with E-state index >= 15 is 0 Å². The molecule has 17 heavy (non-hydrogen) atoms. The van der Waals surface area contributed by atoms with Gasteiger partial charge in [0, 0.05) is 12.1 Å². The number of nitrogens with zero attached hydrogens (tertiary/aromatic N) is 1. The molecule has 1 unspecified atom stereocenters. The molecule has 0 aromatic heterocycles. The molecule has 1 atom stereocenters. The van der Waals surface area contributed by atoms with Gasteiger partial charge in [-0.05, 0) is 25.6 Å².